The Morgan fingerprint density at radius 2 is 1.08 bits per heavy atom. The molecule has 1 aliphatic carbocycles. The molecular weight excluding hydrogens is 444 g/mol. The van der Waals surface area contributed by atoms with Gasteiger partial charge in [-0.25, -0.2) is 9.97 Å². The number of rotatable bonds is 3. The summed E-state index contributed by atoms with van der Waals surface area (Å²) in [4.78, 5) is 8.10. The average molecular weight is 481 g/mol. The van der Waals surface area contributed by atoms with Crippen LogP contribution >= 0.6 is 0 Å². The Morgan fingerprint density at radius 3 is 1.58 bits per heavy atom. The molecule has 0 bridgehead atoms. The van der Waals surface area contributed by atoms with Gasteiger partial charge in [-0.05, 0) is 76.3 Å². The largest absolute Gasteiger partial charge is 0.443 e. The van der Waals surface area contributed by atoms with Crippen molar-refractivity contribution < 1.29 is 8.83 Å². The summed E-state index contributed by atoms with van der Waals surface area (Å²) >= 11 is 0. The van der Waals surface area contributed by atoms with E-state index >= 15 is 0 Å². The lowest BCUT2D eigenvalue weighted by Gasteiger charge is -2.07. The minimum atomic E-state index is 0.541. The van der Waals surface area contributed by atoms with Crippen molar-refractivity contribution in [2.45, 2.75) is 65.7 Å². The second-order valence-electron chi connectivity index (χ2n) is 10.2. The van der Waals surface area contributed by atoms with Crippen molar-refractivity contribution in [1.29, 1.82) is 0 Å². The Balaban J connectivity index is 0.000000127. The molecule has 0 radical (unpaired) electrons. The predicted octanol–water partition coefficient (Wildman–Crippen LogP) is 9.28. The van der Waals surface area contributed by atoms with Gasteiger partial charge in [0.25, 0.3) is 0 Å². The van der Waals surface area contributed by atoms with Crippen LogP contribution in [0.5, 0.6) is 0 Å². The minimum absolute atomic E-state index is 0.541. The third kappa shape index (κ3) is 6.12. The summed E-state index contributed by atoms with van der Waals surface area (Å²) in [5, 5.41) is 0. The van der Waals surface area contributed by atoms with Crippen molar-refractivity contribution in [2.24, 2.45) is 0 Å². The van der Waals surface area contributed by atoms with E-state index in [-0.39, 0.29) is 0 Å². The summed E-state index contributed by atoms with van der Waals surface area (Å²) in [5.41, 5.74) is 10.5. The maximum absolute atomic E-state index is 5.20. The van der Waals surface area contributed by atoms with Gasteiger partial charge in [-0.15, -0.1) is 0 Å². The van der Waals surface area contributed by atoms with Crippen LogP contribution in [0.3, 0.4) is 0 Å². The number of oxazole rings is 2. The lowest BCUT2D eigenvalue weighted by Crippen LogP contribution is -1.89. The monoisotopic (exact) mass is 480 g/mol. The minimum Gasteiger partial charge on any atom is -0.443 e. The molecule has 0 amide bonds. The molecular formula is C32H36N2O2. The van der Waals surface area contributed by atoms with E-state index in [1.54, 1.807) is 0 Å². The van der Waals surface area contributed by atoms with Gasteiger partial charge in [0.1, 0.15) is 11.0 Å². The fourth-order valence-corrected chi connectivity index (χ4v) is 4.09. The first-order chi connectivity index (χ1) is 17.3. The highest BCUT2D eigenvalue weighted by molar-refractivity contribution is 5.73. The summed E-state index contributed by atoms with van der Waals surface area (Å²) < 4.78 is 10.4. The number of hydrogen-bond donors (Lipinski definition) is 0. The fourth-order valence-electron chi connectivity index (χ4n) is 4.09. The molecule has 186 valence electrons. The van der Waals surface area contributed by atoms with E-state index in [4.69, 9.17) is 8.83 Å². The van der Waals surface area contributed by atoms with Gasteiger partial charge in [0.2, 0.25) is 0 Å². The molecule has 6 rings (SSSR count). The van der Waals surface area contributed by atoms with Crippen LogP contribution < -0.4 is 0 Å². The quantitative estimate of drug-likeness (QED) is 0.258. The normalized spacial score (nSPS) is 12.1. The van der Waals surface area contributed by atoms with Crippen LogP contribution in [0.4, 0.5) is 0 Å². The van der Waals surface area contributed by atoms with E-state index in [0.717, 1.165) is 28.6 Å². The Hall–Kier alpha value is -3.66. The number of hydrogen-bond acceptors (Lipinski definition) is 4. The van der Waals surface area contributed by atoms with Crippen LogP contribution in [0.15, 0.2) is 82.3 Å². The van der Waals surface area contributed by atoms with Crippen LogP contribution in [0.1, 0.15) is 87.1 Å². The zero-order valence-electron chi connectivity index (χ0n) is 22.2. The number of nitrogens with zero attached hydrogens (tertiary/aromatic N) is 2. The number of fused-ring (bicyclic) bond motifs is 3. The van der Waals surface area contributed by atoms with Crippen molar-refractivity contribution >= 4 is 28.3 Å². The number of aromatic nitrogens is 2. The molecule has 4 nitrogen and oxygen atoms in total. The van der Waals surface area contributed by atoms with Gasteiger partial charge in [-0.1, -0.05) is 84.0 Å². The second kappa shape index (κ2) is 11.4. The Bertz CT molecular complexity index is 1380. The first kappa shape index (κ1) is 25.4. The molecule has 0 unspecified atom stereocenters. The zero-order chi connectivity index (χ0) is 25.7. The lowest BCUT2D eigenvalue weighted by molar-refractivity contribution is 0.601. The molecule has 2 aromatic heterocycles. The van der Waals surface area contributed by atoms with Gasteiger partial charge in [0.05, 0.1) is 0 Å². The van der Waals surface area contributed by atoms with Gasteiger partial charge in [0.15, 0.2) is 24.0 Å². The first-order valence-corrected chi connectivity index (χ1v) is 12.8. The van der Waals surface area contributed by atoms with Gasteiger partial charge in [0, 0.05) is 0 Å². The topological polar surface area (TPSA) is 52.1 Å². The number of allylic oxidation sites excluding steroid dienone is 1. The SMILES string of the molecule is CC(C)c1ccc2c(c1)C=CC2.CC(C)c1ccc2ncoc2c1.CC(C)c1ccc2ncoc2c1. The molecule has 4 heteroatoms. The molecule has 36 heavy (non-hydrogen) atoms. The van der Waals surface area contributed by atoms with E-state index in [2.05, 4.69) is 94.0 Å². The molecule has 0 spiro atoms. The van der Waals surface area contributed by atoms with Crippen LogP contribution in [0.2, 0.25) is 0 Å². The summed E-state index contributed by atoms with van der Waals surface area (Å²) in [7, 11) is 0. The maximum atomic E-state index is 5.20. The van der Waals surface area contributed by atoms with Gasteiger partial charge in [-0.2, -0.15) is 0 Å². The van der Waals surface area contributed by atoms with E-state index < -0.39 is 0 Å². The fraction of sp³-hybridized carbons (Fsp3) is 0.312. The summed E-state index contributed by atoms with van der Waals surface area (Å²) in [6.07, 6.45) is 8.53. The number of benzene rings is 3. The van der Waals surface area contributed by atoms with E-state index in [1.807, 2.05) is 24.3 Å². The highest BCUT2D eigenvalue weighted by Gasteiger charge is 2.07. The van der Waals surface area contributed by atoms with E-state index in [9.17, 15) is 0 Å². The van der Waals surface area contributed by atoms with Gasteiger partial charge in [-0.3, -0.25) is 0 Å². The lowest BCUT2D eigenvalue weighted by atomic mass is 9.99. The molecule has 0 saturated heterocycles. The Kier molecular flexibility index (Phi) is 8.04. The summed E-state index contributed by atoms with van der Waals surface area (Å²) in [6.45, 7) is 13.1. The molecule has 0 atom stereocenters. The molecule has 0 fully saturated rings. The maximum Gasteiger partial charge on any atom is 0.181 e. The smallest absolute Gasteiger partial charge is 0.181 e. The van der Waals surface area contributed by atoms with Crippen molar-refractivity contribution in [3.8, 4) is 0 Å². The van der Waals surface area contributed by atoms with E-state index in [0.29, 0.717) is 17.8 Å². The highest BCUT2D eigenvalue weighted by atomic mass is 16.3. The van der Waals surface area contributed by atoms with E-state index in [1.165, 1.54) is 40.6 Å². The zero-order valence-corrected chi connectivity index (χ0v) is 22.2. The van der Waals surface area contributed by atoms with Crippen molar-refractivity contribution in [3.05, 3.63) is 101 Å². The van der Waals surface area contributed by atoms with Gasteiger partial charge < -0.3 is 8.83 Å². The van der Waals surface area contributed by atoms with Crippen molar-refractivity contribution in [3.63, 3.8) is 0 Å². The Labute approximate surface area is 214 Å². The first-order valence-electron chi connectivity index (χ1n) is 12.8. The van der Waals surface area contributed by atoms with Crippen molar-refractivity contribution in [2.75, 3.05) is 0 Å². The van der Waals surface area contributed by atoms with Crippen LogP contribution in [0, 0.1) is 0 Å². The van der Waals surface area contributed by atoms with Crippen LogP contribution in [0.25, 0.3) is 28.3 Å². The molecule has 0 aliphatic heterocycles. The standard InChI is InChI=1S/C12H14.2C10H11NO/c1-9(2)11-7-6-10-4-3-5-12(10)8-11;2*1-7(2)8-3-4-9-10(5-8)12-6-11-9/h3,5-9H,4H2,1-2H3;2*3-7H,1-2H3. The molecule has 0 N–H and O–H groups in total. The highest BCUT2D eigenvalue weighted by Crippen LogP contribution is 2.24. The molecule has 3 aromatic carbocycles. The molecule has 1 aliphatic rings. The molecule has 2 heterocycles. The van der Waals surface area contributed by atoms with Crippen LogP contribution in [-0.4, -0.2) is 9.97 Å². The van der Waals surface area contributed by atoms with Crippen LogP contribution in [-0.2, 0) is 6.42 Å². The predicted molar refractivity (Wildman–Crippen MR) is 149 cm³/mol. The molecule has 0 saturated carbocycles. The van der Waals surface area contributed by atoms with Crippen molar-refractivity contribution in [1.82, 2.24) is 9.97 Å². The molecule has 5 aromatic rings. The second-order valence-corrected chi connectivity index (χ2v) is 10.2. The third-order valence-corrected chi connectivity index (χ3v) is 6.52. The third-order valence-electron chi connectivity index (χ3n) is 6.52. The average Bonchev–Trinajstić information content (AvgIpc) is 3.63. The van der Waals surface area contributed by atoms with Gasteiger partial charge >= 0.3 is 0 Å². The summed E-state index contributed by atoms with van der Waals surface area (Å²) in [5.74, 6) is 1.73. The summed E-state index contributed by atoms with van der Waals surface area (Å²) in [6, 6.07) is 19.1. The Morgan fingerprint density at radius 1 is 0.611 bits per heavy atom.